The number of piperidine rings is 2. The molecule has 1 aromatic carbocycles. The average Bonchev–Trinajstić information content (AvgIpc) is 3.14. The van der Waals surface area contributed by atoms with Crippen LogP contribution in [0.3, 0.4) is 0 Å². The van der Waals surface area contributed by atoms with Crippen molar-refractivity contribution in [3.63, 3.8) is 0 Å². The predicted molar refractivity (Wildman–Crippen MR) is 132 cm³/mol. The maximum Gasteiger partial charge on any atom is 0.235 e. The second kappa shape index (κ2) is 7.49. The fourth-order valence-electron chi connectivity index (χ4n) is 7.60. The van der Waals surface area contributed by atoms with Gasteiger partial charge in [0.1, 0.15) is 0 Å². The smallest absolute Gasteiger partial charge is 0.235 e. The van der Waals surface area contributed by atoms with E-state index in [0.717, 1.165) is 36.1 Å². The molecular formula is C27H35N5O2. The van der Waals surface area contributed by atoms with Crippen LogP contribution in [0.25, 0.3) is 10.4 Å². The van der Waals surface area contributed by atoms with Crippen molar-refractivity contribution in [1.29, 1.82) is 0 Å². The first-order valence-electron chi connectivity index (χ1n) is 12.5. The van der Waals surface area contributed by atoms with Gasteiger partial charge in [0.2, 0.25) is 5.91 Å². The molecule has 7 nitrogen and oxygen atoms in total. The van der Waals surface area contributed by atoms with Crippen molar-refractivity contribution >= 4 is 11.6 Å². The molecule has 0 bridgehead atoms. The molecule has 3 aliphatic heterocycles. The van der Waals surface area contributed by atoms with Crippen LogP contribution in [-0.4, -0.2) is 45.7 Å². The van der Waals surface area contributed by atoms with E-state index in [4.69, 9.17) is 0 Å². The van der Waals surface area contributed by atoms with E-state index in [-0.39, 0.29) is 24.3 Å². The van der Waals surface area contributed by atoms with Crippen molar-refractivity contribution in [2.24, 2.45) is 16.4 Å². The number of carbonyl (C=O) groups is 1. The lowest BCUT2D eigenvalue weighted by Gasteiger charge is -2.58. The Morgan fingerprint density at radius 3 is 2.79 bits per heavy atom. The molecule has 1 amide bonds. The Morgan fingerprint density at radius 1 is 1.32 bits per heavy atom. The number of aliphatic hydroxyl groups is 1. The molecule has 0 aromatic heterocycles. The number of benzene rings is 1. The summed E-state index contributed by atoms with van der Waals surface area (Å²) >= 11 is 0. The Balaban J connectivity index is 1.72. The van der Waals surface area contributed by atoms with Gasteiger partial charge >= 0.3 is 0 Å². The van der Waals surface area contributed by atoms with Crippen molar-refractivity contribution in [2.75, 3.05) is 11.9 Å². The minimum atomic E-state index is -1.32. The van der Waals surface area contributed by atoms with E-state index in [1.807, 2.05) is 45.9 Å². The number of anilines is 1. The lowest BCUT2D eigenvalue weighted by molar-refractivity contribution is -0.163. The molecule has 5 atom stereocenters. The van der Waals surface area contributed by atoms with Crippen LogP contribution in [0.1, 0.15) is 77.8 Å². The molecule has 7 heteroatoms. The third-order valence-electron chi connectivity index (χ3n) is 9.48. The van der Waals surface area contributed by atoms with E-state index in [0.29, 0.717) is 19.0 Å². The molecule has 3 fully saturated rings. The van der Waals surface area contributed by atoms with Gasteiger partial charge in [-0.15, -0.1) is 0 Å². The average molecular weight is 462 g/mol. The molecule has 5 rings (SSSR count). The standard InChI is InChI=1S/C27H35N5O2/c1-17(2)12-13-19-9-7-11-21-22(19)29-23(33)26(21)15-25(30-31-28)16-32-18(3)8-6-10-20(32)14-27(25,34)24(26,4)5/h7,9,11,17-18,20,34H,6,8,10,14-16H2,1-5H3,(H,29,33)/t18-,20+,25+,26-,27-/m0/s1. The van der Waals surface area contributed by atoms with Gasteiger partial charge in [-0.25, -0.2) is 0 Å². The number of nitrogens with one attached hydrogen (secondary N) is 1. The zero-order chi connectivity index (χ0) is 24.5. The monoisotopic (exact) mass is 461 g/mol. The van der Waals surface area contributed by atoms with Gasteiger partial charge < -0.3 is 10.4 Å². The highest BCUT2D eigenvalue weighted by Gasteiger charge is 2.79. The summed E-state index contributed by atoms with van der Waals surface area (Å²) in [7, 11) is 0. The first kappa shape index (κ1) is 23.2. The van der Waals surface area contributed by atoms with Gasteiger partial charge in [0.05, 0.1) is 22.2 Å². The number of fused-ring (bicyclic) bond motifs is 4. The highest BCUT2D eigenvalue weighted by Crippen LogP contribution is 2.70. The van der Waals surface area contributed by atoms with Crippen molar-refractivity contribution in [3.05, 3.63) is 39.8 Å². The Kier molecular flexibility index (Phi) is 5.12. The number of para-hydroxylation sites is 1. The molecule has 1 aliphatic carbocycles. The molecule has 0 unspecified atom stereocenters. The van der Waals surface area contributed by atoms with Crippen molar-refractivity contribution in [2.45, 2.75) is 95.4 Å². The van der Waals surface area contributed by atoms with E-state index in [1.54, 1.807) is 0 Å². The minimum absolute atomic E-state index is 0.132. The third-order valence-corrected chi connectivity index (χ3v) is 9.48. The summed E-state index contributed by atoms with van der Waals surface area (Å²) in [6.45, 7) is 10.7. The molecule has 1 spiro atoms. The van der Waals surface area contributed by atoms with Gasteiger partial charge in [0, 0.05) is 40.4 Å². The van der Waals surface area contributed by atoms with Crippen LogP contribution in [0.2, 0.25) is 0 Å². The zero-order valence-electron chi connectivity index (χ0n) is 20.9. The van der Waals surface area contributed by atoms with Gasteiger partial charge in [-0.05, 0) is 49.8 Å². The van der Waals surface area contributed by atoms with Crippen LogP contribution in [0.15, 0.2) is 23.3 Å². The second-order valence-corrected chi connectivity index (χ2v) is 11.7. The topological polar surface area (TPSA) is 101 Å². The summed E-state index contributed by atoms with van der Waals surface area (Å²) in [6.07, 6.45) is 4.01. The number of nitrogens with zero attached hydrogens (tertiary/aromatic N) is 4. The van der Waals surface area contributed by atoms with Crippen LogP contribution < -0.4 is 5.32 Å². The fourth-order valence-corrected chi connectivity index (χ4v) is 7.60. The van der Waals surface area contributed by atoms with Gasteiger partial charge in [0.25, 0.3) is 0 Å². The molecule has 3 heterocycles. The molecule has 4 aliphatic rings. The lowest BCUT2D eigenvalue weighted by atomic mass is 9.57. The number of rotatable bonds is 1. The highest BCUT2D eigenvalue weighted by molar-refractivity contribution is 6.09. The Morgan fingerprint density at radius 2 is 2.09 bits per heavy atom. The quantitative estimate of drug-likeness (QED) is 0.273. The zero-order valence-corrected chi connectivity index (χ0v) is 20.9. The molecule has 34 heavy (non-hydrogen) atoms. The lowest BCUT2D eigenvalue weighted by Crippen LogP contribution is -2.70. The van der Waals surface area contributed by atoms with Crippen LogP contribution in [0, 0.1) is 23.2 Å². The fraction of sp³-hybridized carbons (Fsp3) is 0.667. The molecule has 180 valence electrons. The second-order valence-electron chi connectivity index (χ2n) is 11.7. The van der Waals surface area contributed by atoms with E-state index in [1.165, 1.54) is 0 Å². The van der Waals surface area contributed by atoms with E-state index < -0.39 is 22.0 Å². The normalized spacial score (nSPS) is 37.8. The summed E-state index contributed by atoms with van der Waals surface area (Å²) in [5.41, 5.74) is 7.78. The molecular weight excluding hydrogens is 426 g/mol. The Bertz CT molecular complexity index is 1160. The van der Waals surface area contributed by atoms with Crippen LogP contribution >= 0.6 is 0 Å². The Hall–Kier alpha value is -2.52. The van der Waals surface area contributed by atoms with E-state index in [9.17, 15) is 15.4 Å². The van der Waals surface area contributed by atoms with Gasteiger partial charge in [-0.3, -0.25) is 9.69 Å². The van der Waals surface area contributed by atoms with Crippen molar-refractivity contribution in [3.8, 4) is 11.8 Å². The number of hydrogen-bond donors (Lipinski definition) is 2. The molecule has 0 radical (unpaired) electrons. The summed E-state index contributed by atoms with van der Waals surface area (Å²) in [4.78, 5) is 19.6. The van der Waals surface area contributed by atoms with Crippen LogP contribution in [-0.2, 0) is 10.2 Å². The maximum atomic E-state index is 14.0. The van der Waals surface area contributed by atoms with Gasteiger partial charge in [0.15, 0.2) is 0 Å². The number of azide groups is 1. The van der Waals surface area contributed by atoms with Crippen LogP contribution in [0.4, 0.5) is 5.69 Å². The molecule has 1 aromatic rings. The summed E-state index contributed by atoms with van der Waals surface area (Å²) in [5.74, 6) is 6.52. The molecule has 1 saturated carbocycles. The van der Waals surface area contributed by atoms with E-state index >= 15 is 0 Å². The van der Waals surface area contributed by atoms with Crippen LogP contribution in [0.5, 0.6) is 0 Å². The first-order valence-corrected chi connectivity index (χ1v) is 12.5. The number of amides is 1. The summed E-state index contributed by atoms with van der Waals surface area (Å²) in [6, 6.07) is 6.44. The van der Waals surface area contributed by atoms with E-state index in [2.05, 4.69) is 39.0 Å². The van der Waals surface area contributed by atoms with Crippen molar-refractivity contribution < 1.29 is 9.90 Å². The van der Waals surface area contributed by atoms with Gasteiger partial charge in [-0.1, -0.05) is 63.2 Å². The first-order chi connectivity index (χ1) is 16.0. The number of hydrogen-bond acceptors (Lipinski definition) is 4. The summed E-state index contributed by atoms with van der Waals surface area (Å²) < 4.78 is 0. The number of carbonyl (C=O) groups excluding carboxylic acids is 1. The Labute approximate surface area is 201 Å². The predicted octanol–water partition coefficient (Wildman–Crippen LogP) is 4.74. The SMILES string of the molecule is CC(C)C#Cc1cccc2c1NC(=O)[C@]21C[C@@]2(N=[N+]=[N-])CN3[C@H](CCC[C@@H]3C)C[C@]2(O)C1(C)C. The molecule has 2 saturated heterocycles. The summed E-state index contributed by atoms with van der Waals surface area (Å²) in [5, 5.41) is 20.1. The highest BCUT2D eigenvalue weighted by atomic mass is 16.3. The third kappa shape index (κ3) is 2.74. The van der Waals surface area contributed by atoms with Crippen molar-refractivity contribution in [1.82, 2.24) is 4.90 Å². The maximum absolute atomic E-state index is 14.0. The largest absolute Gasteiger partial charge is 0.388 e. The molecule has 2 N–H and O–H groups in total. The van der Waals surface area contributed by atoms with Gasteiger partial charge in [-0.2, -0.15) is 0 Å². The minimum Gasteiger partial charge on any atom is -0.388 e.